The zero-order valence-corrected chi connectivity index (χ0v) is 16.6. The van der Waals surface area contributed by atoms with Crippen molar-refractivity contribution in [2.75, 3.05) is 25.9 Å². The number of halogens is 4. The molecule has 0 bridgehead atoms. The lowest BCUT2D eigenvalue weighted by atomic mass is 9.79. The summed E-state index contributed by atoms with van der Waals surface area (Å²) in [6, 6.07) is 0. The lowest BCUT2D eigenvalue weighted by molar-refractivity contribution is -0.195. The first-order chi connectivity index (χ1) is 10.5. The van der Waals surface area contributed by atoms with E-state index in [9.17, 15) is 13.2 Å². The highest BCUT2D eigenvalue weighted by atomic mass is 127. The van der Waals surface area contributed by atoms with Gasteiger partial charge in [0.1, 0.15) is 0 Å². The van der Waals surface area contributed by atoms with Gasteiger partial charge in [-0.1, -0.05) is 12.8 Å². The molecule has 1 saturated heterocycles. The van der Waals surface area contributed by atoms with Crippen molar-refractivity contribution in [2.24, 2.45) is 16.8 Å². The normalized spacial score (nSPS) is 29.0. The van der Waals surface area contributed by atoms with E-state index in [-0.39, 0.29) is 36.3 Å². The Hall–Kier alpha value is 0.140. The minimum atomic E-state index is -4.08. The van der Waals surface area contributed by atoms with Crippen LogP contribution in [-0.4, -0.2) is 43.3 Å². The van der Waals surface area contributed by atoms with Gasteiger partial charge >= 0.3 is 6.18 Å². The Morgan fingerprint density at radius 3 is 2.39 bits per heavy atom. The molecule has 0 aromatic carbocycles. The highest BCUT2D eigenvalue weighted by molar-refractivity contribution is 14.0. The van der Waals surface area contributed by atoms with Gasteiger partial charge in [0.2, 0.25) is 0 Å². The predicted molar refractivity (Wildman–Crippen MR) is 102 cm³/mol. The number of guanidine groups is 1. The zero-order valence-electron chi connectivity index (χ0n) is 13.5. The second kappa shape index (κ2) is 10.2. The molecule has 3 unspecified atom stereocenters. The van der Waals surface area contributed by atoms with Crippen molar-refractivity contribution in [1.82, 2.24) is 10.6 Å². The second-order valence-electron chi connectivity index (χ2n) is 6.16. The van der Waals surface area contributed by atoms with Crippen LogP contribution < -0.4 is 10.6 Å². The first kappa shape index (κ1) is 21.2. The molecular weight excluding hydrogens is 438 g/mol. The molecule has 23 heavy (non-hydrogen) atoms. The number of hydrogen-bond acceptors (Lipinski definition) is 2. The molecule has 0 radical (unpaired) electrons. The highest BCUT2D eigenvalue weighted by Gasteiger charge is 2.45. The van der Waals surface area contributed by atoms with Gasteiger partial charge in [-0.05, 0) is 37.4 Å². The maximum absolute atomic E-state index is 13.1. The van der Waals surface area contributed by atoms with E-state index in [1.54, 1.807) is 7.05 Å². The van der Waals surface area contributed by atoms with Crippen molar-refractivity contribution in [3.63, 3.8) is 0 Å². The van der Waals surface area contributed by atoms with Crippen LogP contribution in [0.5, 0.6) is 0 Å². The summed E-state index contributed by atoms with van der Waals surface area (Å²) in [6.07, 6.45) is 0.861. The minimum absolute atomic E-state index is 0. The van der Waals surface area contributed by atoms with Crippen LogP contribution in [0, 0.1) is 11.8 Å². The summed E-state index contributed by atoms with van der Waals surface area (Å²) in [5.74, 6) is 0.317. The fourth-order valence-electron chi connectivity index (χ4n) is 3.35. The maximum Gasteiger partial charge on any atom is 0.392 e. The fraction of sp³-hybridized carbons (Fsp3) is 0.933. The van der Waals surface area contributed by atoms with E-state index in [4.69, 9.17) is 0 Å². The van der Waals surface area contributed by atoms with Crippen molar-refractivity contribution < 1.29 is 13.2 Å². The van der Waals surface area contributed by atoms with Gasteiger partial charge in [-0.15, -0.1) is 24.0 Å². The van der Waals surface area contributed by atoms with Crippen molar-refractivity contribution in [2.45, 2.75) is 50.0 Å². The zero-order chi connectivity index (χ0) is 16.0. The number of hydrogen-bond donors (Lipinski definition) is 2. The second-order valence-corrected chi connectivity index (χ2v) is 7.57. The Balaban J connectivity index is 0.00000264. The average Bonchev–Trinajstić information content (AvgIpc) is 3.00. The number of nitrogens with zero attached hydrogens (tertiary/aromatic N) is 1. The van der Waals surface area contributed by atoms with Crippen LogP contribution in [0.1, 0.15) is 38.5 Å². The molecule has 2 fully saturated rings. The lowest BCUT2D eigenvalue weighted by Crippen LogP contribution is -2.45. The Morgan fingerprint density at radius 2 is 1.78 bits per heavy atom. The van der Waals surface area contributed by atoms with Crippen LogP contribution in [0.25, 0.3) is 0 Å². The summed E-state index contributed by atoms with van der Waals surface area (Å²) in [5, 5.41) is 6.93. The monoisotopic (exact) mass is 465 g/mol. The standard InChI is InChI=1S/C15H26F3N3S.HI/c1-19-14(21-10-12-6-4-8-22-12)20-9-11-5-2-3-7-13(11)15(16,17)18;/h11-13H,2-10H2,1H3,(H2,19,20,21);1H. The number of nitrogens with one attached hydrogen (secondary N) is 2. The molecule has 0 amide bonds. The molecular formula is C15H27F3IN3S. The average molecular weight is 465 g/mol. The van der Waals surface area contributed by atoms with E-state index >= 15 is 0 Å². The summed E-state index contributed by atoms with van der Waals surface area (Å²) in [4.78, 5) is 4.12. The topological polar surface area (TPSA) is 36.4 Å². The first-order valence-corrected chi connectivity index (χ1v) is 9.18. The van der Waals surface area contributed by atoms with Gasteiger partial charge in [0, 0.05) is 25.4 Å². The summed E-state index contributed by atoms with van der Waals surface area (Å²) in [7, 11) is 1.67. The van der Waals surface area contributed by atoms with E-state index in [1.165, 1.54) is 18.6 Å². The largest absolute Gasteiger partial charge is 0.392 e. The third kappa shape index (κ3) is 6.88. The van der Waals surface area contributed by atoms with Crippen molar-refractivity contribution in [1.29, 1.82) is 0 Å². The molecule has 1 heterocycles. The molecule has 1 aliphatic heterocycles. The Morgan fingerprint density at radius 1 is 1.09 bits per heavy atom. The molecule has 0 aromatic heterocycles. The minimum Gasteiger partial charge on any atom is -0.356 e. The van der Waals surface area contributed by atoms with Gasteiger partial charge in [0.25, 0.3) is 0 Å². The number of rotatable bonds is 4. The Kier molecular flexibility index (Phi) is 9.40. The molecule has 2 N–H and O–H groups in total. The summed E-state index contributed by atoms with van der Waals surface area (Å²) in [5.41, 5.74) is 0. The van der Waals surface area contributed by atoms with Gasteiger partial charge in [0.15, 0.2) is 5.96 Å². The molecule has 0 spiro atoms. The molecule has 3 nitrogen and oxygen atoms in total. The number of alkyl halides is 3. The van der Waals surface area contributed by atoms with Crippen LogP contribution in [0.3, 0.4) is 0 Å². The molecule has 8 heteroatoms. The van der Waals surface area contributed by atoms with E-state index < -0.39 is 12.1 Å². The number of thioether (sulfide) groups is 1. The molecule has 1 aliphatic carbocycles. The third-order valence-electron chi connectivity index (χ3n) is 4.61. The van der Waals surface area contributed by atoms with Gasteiger partial charge < -0.3 is 10.6 Å². The van der Waals surface area contributed by atoms with Crippen molar-refractivity contribution in [3.8, 4) is 0 Å². The predicted octanol–water partition coefficient (Wildman–Crippen LogP) is 4.03. The Bertz CT molecular complexity index is 373. The highest BCUT2D eigenvalue weighted by Crippen LogP contribution is 2.41. The van der Waals surface area contributed by atoms with Crippen LogP contribution in [0.15, 0.2) is 4.99 Å². The quantitative estimate of drug-likeness (QED) is 0.374. The molecule has 1 saturated carbocycles. The van der Waals surface area contributed by atoms with Gasteiger partial charge in [-0.25, -0.2) is 0 Å². The Labute approximate surface area is 158 Å². The molecule has 2 rings (SSSR count). The summed E-state index contributed by atoms with van der Waals surface area (Å²) < 4.78 is 39.2. The smallest absolute Gasteiger partial charge is 0.356 e. The van der Waals surface area contributed by atoms with E-state index in [0.717, 1.165) is 13.0 Å². The van der Waals surface area contributed by atoms with E-state index in [1.807, 2.05) is 11.8 Å². The molecule has 0 aromatic rings. The summed E-state index contributed by atoms with van der Waals surface area (Å²) >= 11 is 1.95. The van der Waals surface area contributed by atoms with Crippen LogP contribution in [0.2, 0.25) is 0 Å². The third-order valence-corrected chi connectivity index (χ3v) is 6.00. The molecule has 136 valence electrons. The molecule has 2 aliphatic rings. The maximum atomic E-state index is 13.1. The van der Waals surface area contributed by atoms with Crippen molar-refractivity contribution in [3.05, 3.63) is 0 Å². The van der Waals surface area contributed by atoms with Crippen LogP contribution in [0.4, 0.5) is 13.2 Å². The van der Waals surface area contributed by atoms with Gasteiger partial charge in [0.05, 0.1) is 5.92 Å². The van der Waals surface area contributed by atoms with Crippen LogP contribution in [-0.2, 0) is 0 Å². The summed E-state index contributed by atoms with van der Waals surface area (Å²) in [6.45, 7) is 1.18. The lowest BCUT2D eigenvalue weighted by Gasteiger charge is -2.33. The van der Waals surface area contributed by atoms with E-state index in [0.29, 0.717) is 30.6 Å². The molecule has 3 atom stereocenters. The van der Waals surface area contributed by atoms with Crippen LogP contribution >= 0.6 is 35.7 Å². The van der Waals surface area contributed by atoms with Gasteiger partial charge in [-0.2, -0.15) is 24.9 Å². The SMILES string of the molecule is CN=C(NCC1CCCS1)NCC1CCCCC1C(F)(F)F.I. The van der Waals surface area contributed by atoms with E-state index in [2.05, 4.69) is 15.6 Å². The first-order valence-electron chi connectivity index (χ1n) is 8.13. The van der Waals surface area contributed by atoms with Crippen molar-refractivity contribution >= 4 is 41.7 Å². The fourth-order valence-corrected chi connectivity index (χ4v) is 4.55. The number of aliphatic imine (C=N–C) groups is 1. The van der Waals surface area contributed by atoms with Gasteiger partial charge in [-0.3, -0.25) is 4.99 Å².